The third-order valence-electron chi connectivity index (χ3n) is 0. The van der Waals surface area contributed by atoms with Crippen molar-refractivity contribution in [2.75, 3.05) is 0 Å². The molecule has 0 unspecified atom stereocenters. The largest absolute Gasteiger partial charge is 0.344 e. The highest BCUT2D eigenvalue weighted by Gasteiger charge is 1.22. The molecule has 0 atom stereocenters. The van der Waals surface area contributed by atoms with E-state index < -0.39 is 0 Å². The van der Waals surface area contributed by atoms with Crippen molar-refractivity contribution in [3.8, 4) is 4.98 Å². The smallest absolute Gasteiger partial charge is 0.142 e. The van der Waals surface area contributed by atoms with Crippen molar-refractivity contribution in [3.05, 3.63) is 0 Å². The van der Waals surface area contributed by atoms with Crippen LogP contribution in [0.15, 0.2) is 0 Å². The van der Waals surface area contributed by atoms with Gasteiger partial charge in [0.15, 0.2) is 0 Å². The molecule has 0 spiro atoms. The molecule has 4 heavy (non-hydrogen) atoms. The summed E-state index contributed by atoms with van der Waals surface area (Å²) < 4.78 is 0. The molecule has 3 heteroatoms. The lowest BCUT2D eigenvalue weighted by atomic mass is 11.8. The molecule has 0 rings (SSSR count). The van der Waals surface area contributed by atoms with Gasteiger partial charge in [0.25, 0.3) is 0 Å². The highest BCUT2D eigenvalue weighted by molar-refractivity contribution is 9.12. The monoisotopic (exact) mass is 122 g/mol. The number of nitrogens with zero attached hydrogens (tertiary/aromatic N) is 1. The summed E-state index contributed by atoms with van der Waals surface area (Å²) in [5.41, 5.74) is 0. The van der Waals surface area contributed by atoms with E-state index >= 15 is 0 Å². The van der Waals surface area contributed by atoms with Gasteiger partial charge >= 0.3 is 0 Å². The summed E-state index contributed by atoms with van der Waals surface area (Å²) in [6.45, 7) is 0. The van der Waals surface area contributed by atoms with Gasteiger partial charge in [0, 0.05) is 15.9 Å². The first-order valence-electron chi connectivity index (χ1n) is 0.413. The predicted molar refractivity (Wildman–Crippen MR) is 19.6 cm³/mol. The Morgan fingerprint density at radius 2 is 1.75 bits per heavy atom. The van der Waals surface area contributed by atoms with Crippen LogP contribution in [0, 0.1) is 10.2 Å². The van der Waals surface area contributed by atoms with Gasteiger partial charge in [0.1, 0.15) is 4.98 Å². The second-order valence-electron chi connectivity index (χ2n) is 0.0845. The van der Waals surface area contributed by atoms with Gasteiger partial charge in [0.2, 0.25) is 0 Å². The van der Waals surface area contributed by atoms with Gasteiger partial charge in [0.05, 0.1) is 0 Å². The summed E-state index contributed by atoms with van der Waals surface area (Å²) in [5, 5.41) is 7.24. The molecule has 0 bridgehead atoms. The van der Waals surface area contributed by atoms with E-state index in [-0.39, 0.29) is 6.15 Å². The molecule has 0 heterocycles. The van der Waals surface area contributed by atoms with Crippen molar-refractivity contribution in [1.29, 1.82) is 5.26 Å². The van der Waals surface area contributed by atoms with E-state index in [1.54, 1.807) is 4.98 Å². The molecule has 0 radical (unpaired) electrons. The van der Waals surface area contributed by atoms with Crippen LogP contribution in [0.5, 0.6) is 0 Å². The van der Waals surface area contributed by atoms with Crippen molar-refractivity contribution in [2.45, 2.75) is 0 Å². The summed E-state index contributed by atoms with van der Waals surface area (Å²) in [6, 6.07) is 0. The number of rotatable bonds is 0. The summed E-state index contributed by atoms with van der Waals surface area (Å²) >= 11 is 2.45. The van der Waals surface area contributed by atoms with E-state index in [1.807, 2.05) is 0 Å². The Bertz CT molecular complexity index is 27.5. The Kier molecular flexibility index (Phi) is 28.6. The molecule has 0 aromatic carbocycles. The molecule has 0 aliphatic carbocycles. The van der Waals surface area contributed by atoms with Crippen LogP contribution >= 0.6 is 15.9 Å². The van der Waals surface area contributed by atoms with Crippen LogP contribution in [0.2, 0.25) is 0 Å². The van der Waals surface area contributed by atoms with Crippen molar-refractivity contribution in [1.82, 2.24) is 6.15 Å². The van der Waals surface area contributed by atoms with Crippen LogP contribution in [-0.4, -0.2) is 0 Å². The van der Waals surface area contributed by atoms with Crippen LogP contribution in [0.25, 0.3) is 0 Å². The predicted octanol–water partition coefficient (Wildman–Crippen LogP) is 1.02. The Hall–Kier alpha value is -0.0700. The van der Waals surface area contributed by atoms with Gasteiger partial charge in [-0.2, -0.15) is 5.26 Å². The van der Waals surface area contributed by atoms with Gasteiger partial charge < -0.3 is 6.15 Å². The molecule has 0 fully saturated rings. The Balaban J connectivity index is 0. The van der Waals surface area contributed by atoms with E-state index in [1.165, 1.54) is 0 Å². The topological polar surface area (TPSA) is 58.8 Å². The minimum absolute atomic E-state index is 0. The van der Waals surface area contributed by atoms with Crippen molar-refractivity contribution in [3.63, 3.8) is 0 Å². The number of hydrogen-bond donors (Lipinski definition) is 1. The molecule has 0 aliphatic heterocycles. The molecule has 0 aromatic rings. The lowest BCUT2D eigenvalue weighted by molar-refractivity contribution is 1.57. The normalized spacial score (nSPS) is 2.00. The summed E-state index contributed by atoms with van der Waals surface area (Å²) in [7, 11) is 0. The highest BCUT2D eigenvalue weighted by Crippen LogP contribution is 1.58. The molecule has 3 N–H and O–H groups in total. The second kappa shape index (κ2) is 12.6. The fraction of sp³-hybridized carbons (Fsp3) is 0. The van der Waals surface area contributed by atoms with E-state index in [4.69, 9.17) is 5.26 Å². The van der Waals surface area contributed by atoms with E-state index in [9.17, 15) is 0 Å². The minimum Gasteiger partial charge on any atom is -0.344 e. The highest BCUT2D eigenvalue weighted by atomic mass is 79.9. The zero-order valence-electron chi connectivity index (χ0n) is 2.03. The summed E-state index contributed by atoms with van der Waals surface area (Å²) in [5.74, 6) is 0. The average Bonchev–Trinajstić information content (AvgIpc) is 0.918. The van der Waals surface area contributed by atoms with Crippen LogP contribution < -0.4 is 6.15 Å². The fourth-order valence-electron chi connectivity index (χ4n) is 0. The second-order valence-corrected chi connectivity index (χ2v) is 0.439. The average molecular weight is 123 g/mol. The molecule has 0 amide bonds. The number of nitriles is 1. The fourth-order valence-corrected chi connectivity index (χ4v) is 0. The number of halogens is 1. The molecule has 0 saturated heterocycles. The van der Waals surface area contributed by atoms with E-state index in [2.05, 4.69) is 15.9 Å². The summed E-state index contributed by atoms with van der Waals surface area (Å²) in [4.78, 5) is 1.56. The lowest BCUT2D eigenvalue weighted by Gasteiger charge is -1.10. The first-order valence-corrected chi connectivity index (χ1v) is 1.21. The SMILES string of the molecule is N.N#CBr. The Labute approximate surface area is 33.1 Å². The first kappa shape index (κ1) is 9.06. The summed E-state index contributed by atoms with van der Waals surface area (Å²) in [6.07, 6.45) is 0. The molecule has 24 valence electrons. The van der Waals surface area contributed by atoms with Gasteiger partial charge in [-0.05, 0) is 0 Å². The number of hydrogen-bond acceptors (Lipinski definition) is 2. The van der Waals surface area contributed by atoms with Crippen LogP contribution in [0.1, 0.15) is 0 Å². The zero-order chi connectivity index (χ0) is 2.71. The third kappa shape index (κ3) is 341. The first-order chi connectivity index (χ1) is 1.41. The lowest BCUT2D eigenvalue weighted by Crippen LogP contribution is -0.920. The molecule has 0 aliphatic rings. The van der Waals surface area contributed by atoms with Crippen molar-refractivity contribution < 1.29 is 0 Å². The van der Waals surface area contributed by atoms with Gasteiger partial charge in [-0.25, -0.2) is 0 Å². The third-order valence-corrected chi connectivity index (χ3v) is 0. The quantitative estimate of drug-likeness (QED) is 0.522. The van der Waals surface area contributed by atoms with Crippen molar-refractivity contribution >= 4 is 15.9 Å². The van der Waals surface area contributed by atoms with Gasteiger partial charge in [-0.1, -0.05) is 0 Å². The zero-order valence-corrected chi connectivity index (χ0v) is 3.62. The molecular weight excluding hydrogens is 120 g/mol. The van der Waals surface area contributed by atoms with E-state index in [0.29, 0.717) is 0 Å². The van der Waals surface area contributed by atoms with Crippen molar-refractivity contribution in [2.24, 2.45) is 0 Å². The Morgan fingerprint density at radius 3 is 1.75 bits per heavy atom. The van der Waals surface area contributed by atoms with Crippen LogP contribution in [-0.2, 0) is 0 Å². The maximum atomic E-state index is 7.24. The van der Waals surface area contributed by atoms with E-state index in [0.717, 1.165) is 0 Å². The maximum Gasteiger partial charge on any atom is 0.142 e. The van der Waals surface area contributed by atoms with Gasteiger partial charge in [-0.3, -0.25) is 0 Å². The van der Waals surface area contributed by atoms with Gasteiger partial charge in [-0.15, -0.1) is 0 Å². The molecular formula is CH3BrN2. The molecule has 2 nitrogen and oxygen atoms in total. The molecule has 0 aromatic heterocycles. The minimum atomic E-state index is 0. The maximum absolute atomic E-state index is 7.24. The Morgan fingerprint density at radius 1 is 1.75 bits per heavy atom. The standard InChI is InChI=1S/CBrN.H3N/c2-1-3;/h;1H3. The molecule has 0 saturated carbocycles. The van der Waals surface area contributed by atoms with Crippen LogP contribution in [0.3, 0.4) is 0 Å². The van der Waals surface area contributed by atoms with Crippen LogP contribution in [0.4, 0.5) is 0 Å².